The summed E-state index contributed by atoms with van der Waals surface area (Å²) in [6, 6.07) is 7.02. The van der Waals surface area contributed by atoms with Crippen molar-refractivity contribution in [3.63, 3.8) is 0 Å². The van der Waals surface area contributed by atoms with Crippen molar-refractivity contribution >= 4 is 12.6 Å². The number of H-pyrrole nitrogens is 1. The molecule has 0 spiro atoms. The molecular weight excluding hydrogens is 361 g/mol. The molecule has 3 aliphatic rings. The summed E-state index contributed by atoms with van der Waals surface area (Å²) in [6.07, 6.45) is 6.95. The maximum absolute atomic E-state index is 6.27. The minimum absolute atomic E-state index is 0.311. The molecular formula is C23H32BN3O2. The van der Waals surface area contributed by atoms with Crippen molar-refractivity contribution in [2.45, 2.75) is 83.5 Å². The molecule has 1 atom stereocenters. The molecule has 0 bridgehead atoms. The fourth-order valence-electron chi connectivity index (χ4n) is 4.72. The van der Waals surface area contributed by atoms with E-state index >= 15 is 0 Å². The highest BCUT2D eigenvalue weighted by Gasteiger charge is 2.51. The number of hydrogen-bond acceptors (Lipinski definition) is 4. The molecule has 5 rings (SSSR count). The van der Waals surface area contributed by atoms with Crippen LogP contribution in [0.3, 0.4) is 0 Å². The van der Waals surface area contributed by atoms with Crippen molar-refractivity contribution in [2.75, 3.05) is 6.54 Å². The smallest absolute Gasteiger partial charge is 0.399 e. The summed E-state index contributed by atoms with van der Waals surface area (Å²) in [6.45, 7) is 9.51. The van der Waals surface area contributed by atoms with E-state index in [1.54, 1.807) is 0 Å². The van der Waals surface area contributed by atoms with Crippen molar-refractivity contribution in [1.29, 1.82) is 0 Å². The van der Waals surface area contributed by atoms with Crippen molar-refractivity contribution in [1.82, 2.24) is 15.3 Å². The molecule has 0 radical (unpaired) electrons. The quantitative estimate of drug-likeness (QED) is 0.765. The predicted molar refractivity (Wildman–Crippen MR) is 116 cm³/mol. The van der Waals surface area contributed by atoms with Gasteiger partial charge in [0, 0.05) is 11.3 Å². The number of aromatic nitrogens is 2. The third-order valence-corrected chi connectivity index (χ3v) is 7.22. The monoisotopic (exact) mass is 393 g/mol. The minimum Gasteiger partial charge on any atom is -0.399 e. The molecule has 3 heterocycles. The highest BCUT2D eigenvalue weighted by Crippen LogP contribution is 2.37. The maximum atomic E-state index is 6.27. The first kappa shape index (κ1) is 19.3. The lowest BCUT2D eigenvalue weighted by Gasteiger charge is -2.32. The first-order valence-corrected chi connectivity index (χ1v) is 11.1. The van der Waals surface area contributed by atoms with Gasteiger partial charge in [-0.1, -0.05) is 24.6 Å². The maximum Gasteiger partial charge on any atom is 0.494 e. The first-order valence-electron chi connectivity index (χ1n) is 11.1. The van der Waals surface area contributed by atoms with E-state index in [2.05, 4.69) is 56.2 Å². The molecule has 0 amide bonds. The van der Waals surface area contributed by atoms with Crippen molar-refractivity contribution in [3.8, 4) is 11.3 Å². The van der Waals surface area contributed by atoms with Gasteiger partial charge in [0.2, 0.25) is 0 Å². The number of aromatic amines is 1. The number of aryl methyl sites for hydroxylation is 2. The van der Waals surface area contributed by atoms with Crippen LogP contribution in [0.4, 0.5) is 0 Å². The highest BCUT2D eigenvalue weighted by molar-refractivity contribution is 6.62. The van der Waals surface area contributed by atoms with Crippen LogP contribution in [0.25, 0.3) is 11.3 Å². The molecule has 0 saturated carbocycles. The molecule has 0 unspecified atom stereocenters. The topological polar surface area (TPSA) is 59.2 Å². The van der Waals surface area contributed by atoms with Crippen LogP contribution < -0.4 is 10.8 Å². The number of benzene rings is 1. The summed E-state index contributed by atoms with van der Waals surface area (Å²) < 4.78 is 12.5. The Bertz CT molecular complexity index is 899. The van der Waals surface area contributed by atoms with Gasteiger partial charge in [-0.2, -0.15) is 0 Å². The number of nitrogens with zero attached hydrogens (tertiary/aromatic N) is 1. The van der Waals surface area contributed by atoms with Gasteiger partial charge in [-0.15, -0.1) is 0 Å². The SMILES string of the molecule is CC1(C)OB(c2ccc3c(c2)CCCc2[nH]c([C@@H]4CCCCN4)nc2-3)OC1(C)C. The van der Waals surface area contributed by atoms with E-state index in [0.29, 0.717) is 6.04 Å². The minimum atomic E-state index is -0.318. The molecule has 2 aromatic rings. The van der Waals surface area contributed by atoms with Gasteiger partial charge < -0.3 is 19.6 Å². The van der Waals surface area contributed by atoms with Gasteiger partial charge in [0.1, 0.15) is 5.82 Å². The Hall–Kier alpha value is -1.63. The molecule has 29 heavy (non-hydrogen) atoms. The molecule has 1 aliphatic carbocycles. The van der Waals surface area contributed by atoms with Crippen molar-refractivity contribution in [2.24, 2.45) is 0 Å². The van der Waals surface area contributed by atoms with Crippen LogP contribution in [-0.2, 0) is 22.2 Å². The molecule has 2 saturated heterocycles. The van der Waals surface area contributed by atoms with Crippen LogP contribution in [0, 0.1) is 0 Å². The standard InChI is InChI=1S/C23H32BN3O2/c1-22(2)23(3,4)29-24(28-22)16-11-12-17-15(14-16)8-7-10-18-20(17)27-21(26-18)19-9-5-6-13-25-19/h11-12,14,19,25H,5-10,13H2,1-4H3,(H,26,27)/t19-/m0/s1. The van der Waals surface area contributed by atoms with Crippen molar-refractivity contribution in [3.05, 3.63) is 35.3 Å². The Balaban J connectivity index is 1.46. The van der Waals surface area contributed by atoms with Crippen LogP contribution in [0.2, 0.25) is 0 Å². The number of rotatable bonds is 2. The average Bonchev–Trinajstić information content (AvgIpc) is 3.14. The molecule has 5 nitrogen and oxygen atoms in total. The van der Waals surface area contributed by atoms with Gasteiger partial charge in [-0.05, 0) is 77.4 Å². The molecule has 2 N–H and O–H groups in total. The predicted octanol–water partition coefficient (Wildman–Crippen LogP) is 3.68. The number of hydrogen-bond donors (Lipinski definition) is 2. The zero-order chi connectivity index (χ0) is 20.2. The molecule has 154 valence electrons. The lowest BCUT2D eigenvalue weighted by atomic mass is 9.77. The van der Waals surface area contributed by atoms with Crippen LogP contribution in [0.15, 0.2) is 18.2 Å². The van der Waals surface area contributed by atoms with Crippen molar-refractivity contribution < 1.29 is 9.31 Å². The van der Waals surface area contributed by atoms with Gasteiger partial charge in [0.15, 0.2) is 0 Å². The number of imidazole rings is 1. The summed E-state index contributed by atoms with van der Waals surface area (Å²) in [7, 11) is -0.311. The highest BCUT2D eigenvalue weighted by atomic mass is 16.7. The van der Waals surface area contributed by atoms with E-state index in [-0.39, 0.29) is 18.3 Å². The van der Waals surface area contributed by atoms with Gasteiger partial charge in [0.25, 0.3) is 0 Å². The normalized spacial score (nSPS) is 25.4. The van der Waals surface area contributed by atoms with E-state index in [9.17, 15) is 0 Å². The van der Waals surface area contributed by atoms with Gasteiger partial charge in [0.05, 0.1) is 22.9 Å². The molecule has 2 fully saturated rings. The lowest BCUT2D eigenvalue weighted by molar-refractivity contribution is 0.00578. The van der Waals surface area contributed by atoms with Gasteiger partial charge in [-0.3, -0.25) is 0 Å². The summed E-state index contributed by atoms with van der Waals surface area (Å²) in [5.41, 5.74) is 5.51. The summed E-state index contributed by atoms with van der Waals surface area (Å²) in [5, 5.41) is 3.62. The molecule has 1 aromatic heterocycles. The fraction of sp³-hybridized carbons (Fsp3) is 0.609. The van der Waals surface area contributed by atoms with E-state index in [4.69, 9.17) is 14.3 Å². The Kier molecular flexibility index (Phi) is 4.65. The molecule has 6 heteroatoms. The zero-order valence-corrected chi connectivity index (χ0v) is 18.1. The largest absolute Gasteiger partial charge is 0.494 e. The lowest BCUT2D eigenvalue weighted by Crippen LogP contribution is -2.41. The van der Waals surface area contributed by atoms with Gasteiger partial charge in [-0.25, -0.2) is 4.98 Å². The Morgan fingerprint density at radius 3 is 2.55 bits per heavy atom. The average molecular weight is 393 g/mol. The number of nitrogens with one attached hydrogen (secondary N) is 2. The Morgan fingerprint density at radius 2 is 1.83 bits per heavy atom. The first-order chi connectivity index (χ1) is 13.8. The third kappa shape index (κ3) is 3.35. The number of fused-ring (bicyclic) bond motifs is 3. The van der Waals surface area contributed by atoms with E-state index in [1.165, 1.54) is 36.1 Å². The van der Waals surface area contributed by atoms with E-state index in [1.807, 2.05) is 0 Å². The summed E-state index contributed by atoms with van der Waals surface area (Å²) in [4.78, 5) is 8.72. The Morgan fingerprint density at radius 1 is 1.03 bits per heavy atom. The summed E-state index contributed by atoms with van der Waals surface area (Å²) >= 11 is 0. The Labute approximate surface area is 174 Å². The van der Waals surface area contributed by atoms with Crippen LogP contribution in [0.5, 0.6) is 0 Å². The molecule has 2 aliphatic heterocycles. The molecule has 1 aromatic carbocycles. The van der Waals surface area contributed by atoms with Crippen LogP contribution >= 0.6 is 0 Å². The third-order valence-electron chi connectivity index (χ3n) is 7.22. The fourth-order valence-corrected chi connectivity index (χ4v) is 4.72. The second-order valence-corrected chi connectivity index (χ2v) is 9.81. The summed E-state index contributed by atoms with van der Waals surface area (Å²) in [5.74, 6) is 1.11. The van der Waals surface area contributed by atoms with E-state index < -0.39 is 0 Å². The van der Waals surface area contributed by atoms with E-state index in [0.717, 1.165) is 42.8 Å². The second-order valence-electron chi connectivity index (χ2n) is 9.81. The van der Waals surface area contributed by atoms with Crippen LogP contribution in [0.1, 0.15) is 76.5 Å². The van der Waals surface area contributed by atoms with Crippen LogP contribution in [-0.4, -0.2) is 34.8 Å². The second kappa shape index (κ2) is 6.97. The number of piperidine rings is 1. The van der Waals surface area contributed by atoms with Gasteiger partial charge >= 0.3 is 7.12 Å². The zero-order valence-electron chi connectivity index (χ0n) is 18.1.